The standard InChI is InChI=1S/C13H16N2O/c1-10-4-2-3-5-11(10)6-7-12-9-15-13(8-14)16-12/h2-5,9H,6-8,14H2,1H3. The van der Waals surface area contributed by atoms with Crippen molar-refractivity contribution in [3.63, 3.8) is 0 Å². The van der Waals surface area contributed by atoms with Gasteiger partial charge in [0, 0.05) is 6.42 Å². The fourth-order valence-corrected chi connectivity index (χ4v) is 1.71. The van der Waals surface area contributed by atoms with E-state index in [2.05, 4.69) is 36.2 Å². The molecule has 2 N–H and O–H groups in total. The molecular weight excluding hydrogens is 200 g/mol. The van der Waals surface area contributed by atoms with Crippen LogP contribution in [0.2, 0.25) is 0 Å². The number of oxazole rings is 1. The Morgan fingerprint density at radius 1 is 1.25 bits per heavy atom. The first-order valence-corrected chi connectivity index (χ1v) is 5.47. The van der Waals surface area contributed by atoms with Gasteiger partial charge in [-0.05, 0) is 24.5 Å². The van der Waals surface area contributed by atoms with Crippen LogP contribution in [-0.4, -0.2) is 4.98 Å². The number of aryl methyl sites for hydroxylation is 3. The molecular formula is C13H16N2O. The number of benzene rings is 1. The molecule has 0 radical (unpaired) electrons. The third-order valence-corrected chi connectivity index (χ3v) is 2.68. The maximum absolute atomic E-state index is 5.46. The predicted molar refractivity (Wildman–Crippen MR) is 63.0 cm³/mol. The minimum absolute atomic E-state index is 0.365. The number of hydrogen-bond donors (Lipinski definition) is 1. The summed E-state index contributed by atoms with van der Waals surface area (Å²) in [6.07, 6.45) is 3.62. The van der Waals surface area contributed by atoms with E-state index in [1.165, 1.54) is 11.1 Å². The van der Waals surface area contributed by atoms with Gasteiger partial charge in [-0.1, -0.05) is 24.3 Å². The van der Waals surface area contributed by atoms with Crippen LogP contribution in [-0.2, 0) is 19.4 Å². The summed E-state index contributed by atoms with van der Waals surface area (Å²) in [4.78, 5) is 4.08. The molecule has 3 heteroatoms. The third kappa shape index (κ3) is 2.49. The Balaban J connectivity index is 1.99. The number of hydrogen-bond acceptors (Lipinski definition) is 3. The summed E-state index contributed by atoms with van der Waals surface area (Å²) in [7, 11) is 0. The normalized spacial score (nSPS) is 10.6. The van der Waals surface area contributed by atoms with Crippen molar-refractivity contribution < 1.29 is 4.42 Å². The first-order valence-electron chi connectivity index (χ1n) is 5.47. The lowest BCUT2D eigenvalue weighted by molar-refractivity contribution is 0.456. The van der Waals surface area contributed by atoms with E-state index >= 15 is 0 Å². The maximum Gasteiger partial charge on any atom is 0.208 e. The molecule has 84 valence electrons. The SMILES string of the molecule is Cc1ccccc1CCc1cnc(CN)o1. The van der Waals surface area contributed by atoms with E-state index in [1.807, 2.05) is 0 Å². The van der Waals surface area contributed by atoms with Gasteiger partial charge in [-0.2, -0.15) is 0 Å². The van der Waals surface area contributed by atoms with Gasteiger partial charge in [0.25, 0.3) is 0 Å². The molecule has 0 atom stereocenters. The molecule has 0 fully saturated rings. The first-order chi connectivity index (χ1) is 7.79. The minimum atomic E-state index is 0.365. The van der Waals surface area contributed by atoms with Crippen molar-refractivity contribution in [1.82, 2.24) is 4.98 Å². The molecule has 0 bridgehead atoms. The molecule has 0 aliphatic carbocycles. The van der Waals surface area contributed by atoms with E-state index in [1.54, 1.807) is 6.20 Å². The molecule has 0 amide bonds. The summed E-state index contributed by atoms with van der Waals surface area (Å²) in [5, 5.41) is 0. The summed E-state index contributed by atoms with van der Waals surface area (Å²) in [6.45, 7) is 2.49. The van der Waals surface area contributed by atoms with Crippen LogP contribution in [0.15, 0.2) is 34.9 Å². The lowest BCUT2D eigenvalue weighted by Crippen LogP contribution is -1.95. The smallest absolute Gasteiger partial charge is 0.208 e. The highest BCUT2D eigenvalue weighted by Crippen LogP contribution is 2.12. The zero-order valence-corrected chi connectivity index (χ0v) is 9.44. The average molecular weight is 216 g/mol. The number of rotatable bonds is 4. The summed E-state index contributed by atoms with van der Waals surface area (Å²) in [6, 6.07) is 8.39. The van der Waals surface area contributed by atoms with Gasteiger partial charge in [-0.3, -0.25) is 0 Å². The highest BCUT2D eigenvalue weighted by atomic mass is 16.4. The first kappa shape index (κ1) is 10.9. The molecule has 0 aliphatic rings. The summed E-state index contributed by atoms with van der Waals surface area (Å²) < 4.78 is 5.46. The topological polar surface area (TPSA) is 52.0 Å². The third-order valence-electron chi connectivity index (χ3n) is 2.68. The van der Waals surface area contributed by atoms with Gasteiger partial charge in [-0.25, -0.2) is 4.98 Å². The van der Waals surface area contributed by atoms with E-state index in [4.69, 9.17) is 10.2 Å². The zero-order chi connectivity index (χ0) is 11.4. The van der Waals surface area contributed by atoms with Crippen molar-refractivity contribution in [2.24, 2.45) is 5.73 Å². The monoisotopic (exact) mass is 216 g/mol. The van der Waals surface area contributed by atoms with E-state index in [9.17, 15) is 0 Å². The quantitative estimate of drug-likeness (QED) is 0.852. The molecule has 16 heavy (non-hydrogen) atoms. The van der Waals surface area contributed by atoms with Crippen LogP contribution in [0, 0.1) is 6.92 Å². The van der Waals surface area contributed by atoms with Crippen LogP contribution in [0.25, 0.3) is 0 Å². The maximum atomic E-state index is 5.46. The Morgan fingerprint density at radius 2 is 2.06 bits per heavy atom. The van der Waals surface area contributed by atoms with Crippen LogP contribution >= 0.6 is 0 Å². The largest absolute Gasteiger partial charge is 0.444 e. The summed E-state index contributed by atoms with van der Waals surface area (Å²) >= 11 is 0. The van der Waals surface area contributed by atoms with Gasteiger partial charge in [0.05, 0.1) is 12.7 Å². The van der Waals surface area contributed by atoms with E-state index in [0.717, 1.165) is 18.6 Å². The highest BCUT2D eigenvalue weighted by molar-refractivity contribution is 5.26. The Hall–Kier alpha value is -1.61. The van der Waals surface area contributed by atoms with Gasteiger partial charge < -0.3 is 10.2 Å². The Kier molecular flexibility index (Phi) is 3.37. The average Bonchev–Trinajstić information content (AvgIpc) is 2.76. The van der Waals surface area contributed by atoms with Gasteiger partial charge in [0.2, 0.25) is 5.89 Å². The zero-order valence-electron chi connectivity index (χ0n) is 9.44. The van der Waals surface area contributed by atoms with E-state index in [-0.39, 0.29) is 0 Å². The molecule has 0 saturated heterocycles. The van der Waals surface area contributed by atoms with Crippen LogP contribution < -0.4 is 5.73 Å². The number of nitrogens with zero attached hydrogens (tertiary/aromatic N) is 1. The van der Waals surface area contributed by atoms with Crippen LogP contribution in [0.4, 0.5) is 0 Å². The van der Waals surface area contributed by atoms with Crippen molar-refractivity contribution in [3.8, 4) is 0 Å². The fraction of sp³-hybridized carbons (Fsp3) is 0.308. The predicted octanol–water partition coefficient (Wildman–Crippen LogP) is 2.23. The van der Waals surface area contributed by atoms with Crippen LogP contribution in [0.5, 0.6) is 0 Å². The second kappa shape index (κ2) is 4.94. The van der Waals surface area contributed by atoms with Gasteiger partial charge in [0.1, 0.15) is 5.76 Å². The molecule has 2 aromatic rings. The molecule has 3 nitrogen and oxygen atoms in total. The Bertz CT molecular complexity index is 462. The van der Waals surface area contributed by atoms with Gasteiger partial charge in [0.15, 0.2) is 0 Å². The molecule has 1 aromatic carbocycles. The Labute approximate surface area is 95.3 Å². The highest BCUT2D eigenvalue weighted by Gasteiger charge is 2.03. The molecule has 1 aromatic heterocycles. The minimum Gasteiger partial charge on any atom is -0.444 e. The molecule has 0 unspecified atom stereocenters. The van der Waals surface area contributed by atoms with Crippen molar-refractivity contribution in [2.45, 2.75) is 26.3 Å². The van der Waals surface area contributed by atoms with Crippen molar-refractivity contribution in [3.05, 3.63) is 53.2 Å². The fourth-order valence-electron chi connectivity index (χ4n) is 1.71. The number of nitrogens with two attached hydrogens (primary N) is 1. The van der Waals surface area contributed by atoms with Crippen molar-refractivity contribution in [2.75, 3.05) is 0 Å². The van der Waals surface area contributed by atoms with E-state index < -0.39 is 0 Å². The van der Waals surface area contributed by atoms with Crippen LogP contribution in [0.1, 0.15) is 22.8 Å². The summed E-state index contributed by atoms with van der Waals surface area (Å²) in [5.41, 5.74) is 8.11. The van der Waals surface area contributed by atoms with Crippen LogP contribution in [0.3, 0.4) is 0 Å². The van der Waals surface area contributed by atoms with Gasteiger partial charge in [-0.15, -0.1) is 0 Å². The summed E-state index contributed by atoms with van der Waals surface area (Å²) in [5.74, 6) is 1.52. The van der Waals surface area contributed by atoms with Crippen molar-refractivity contribution in [1.29, 1.82) is 0 Å². The molecule has 0 spiro atoms. The molecule has 2 rings (SSSR count). The lowest BCUT2D eigenvalue weighted by atomic mass is 10.0. The second-order valence-electron chi connectivity index (χ2n) is 3.85. The second-order valence-corrected chi connectivity index (χ2v) is 3.85. The number of aromatic nitrogens is 1. The molecule has 0 saturated carbocycles. The Morgan fingerprint density at radius 3 is 2.75 bits per heavy atom. The van der Waals surface area contributed by atoms with Crippen molar-refractivity contribution >= 4 is 0 Å². The lowest BCUT2D eigenvalue weighted by Gasteiger charge is -2.03. The van der Waals surface area contributed by atoms with Gasteiger partial charge >= 0.3 is 0 Å². The van der Waals surface area contributed by atoms with E-state index in [0.29, 0.717) is 12.4 Å². The molecule has 0 aliphatic heterocycles. The molecule has 1 heterocycles.